The molecule has 0 aliphatic carbocycles. The fourth-order valence-electron chi connectivity index (χ4n) is 2.19. The van der Waals surface area contributed by atoms with Gasteiger partial charge in [-0.1, -0.05) is 6.92 Å². The highest BCUT2D eigenvalue weighted by Gasteiger charge is 2.20. The molecule has 0 aliphatic rings. The van der Waals surface area contributed by atoms with Gasteiger partial charge in [-0.05, 0) is 38.1 Å². The monoisotopic (exact) mass is 300 g/mol. The van der Waals surface area contributed by atoms with Crippen LogP contribution < -0.4 is 4.74 Å². The van der Waals surface area contributed by atoms with Crippen LogP contribution in [0, 0.1) is 6.92 Å². The van der Waals surface area contributed by atoms with Crippen LogP contribution in [0.25, 0.3) is 11.3 Å². The molecule has 0 amide bonds. The van der Waals surface area contributed by atoms with Gasteiger partial charge in [-0.15, -0.1) is 0 Å². The molecule has 22 heavy (non-hydrogen) atoms. The number of benzene rings is 1. The number of hydrogen-bond acceptors (Lipinski definition) is 5. The molecular weight excluding hydrogens is 280 g/mol. The van der Waals surface area contributed by atoms with Crippen LogP contribution in [0.4, 0.5) is 0 Å². The van der Waals surface area contributed by atoms with Crippen LogP contribution in [-0.4, -0.2) is 29.7 Å². The van der Waals surface area contributed by atoms with E-state index in [-0.39, 0.29) is 0 Å². The highest BCUT2D eigenvalue weighted by Crippen LogP contribution is 2.26. The predicted molar refractivity (Wildman–Crippen MR) is 84.1 cm³/mol. The van der Waals surface area contributed by atoms with Crippen molar-refractivity contribution in [2.24, 2.45) is 0 Å². The summed E-state index contributed by atoms with van der Waals surface area (Å²) in [6.45, 7) is 5.88. The lowest BCUT2D eigenvalue weighted by molar-refractivity contribution is 0.0525. The van der Waals surface area contributed by atoms with Gasteiger partial charge in [0.2, 0.25) is 0 Å². The van der Waals surface area contributed by atoms with E-state index < -0.39 is 5.97 Å². The summed E-state index contributed by atoms with van der Waals surface area (Å²) >= 11 is 0. The highest BCUT2D eigenvalue weighted by atomic mass is 16.5. The summed E-state index contributed by atoms with van der Waals surface area (Å²) in [5, 5.41) is 0. The third kappa shape index (κ3) is 3.24. The zero-order valence-corrected chi connectivity index (χ0v) is 13.3. The summed E-state index contributed by atoms with van der Waals surface area (Å²) in [7, 11) is 1.61. The van der Waals surface area contributed by atoms with Crippen molar-refractivity contribution in [2.75, 3.05) is 13.7 Å². The first-order chi connectivity index (χ1) is 10.6. The smallest absolute Gasteiger partial charge is 0.342 e. The Morgan fingerprint density at radius 2 is 1.82 bits per heavy atom. The number of hydrogen-bond donors (Lipinski definition) is 0. The van der Waals surface area contributed by atoms with Gasteiger partial charge in [-0.3, -0.25) is 0 Å². The SMILES string of the molecule is CCOC(=O)c1c(C)nc(CC)nc1-c1ccc(OC)cc1. The zero-order chi connectivity index (χ0) is 16.1. The number of esters is 1. The standard InChI is InChI=1S/C17H20N2O3/c1-5-14-18-11(3)15(17(20)22-6-2)16(19-14)12-7-9-13(21-4)10-8-12/h7-10H,5-6H2,1-4H3. The fraction of sp³-hybridized carbons (Fsp3) is 0.353. The minimum atomic E-state index is -0.395. The first-order valence-corrected chi connectivity index (χ1v) is 7.29. The van der Waals surface area contributed by atoms with Crippen LogP contribution in [-0.2, 0) is 11.2 Å². The van der Waals surface area contributed by atoms with E-state index in [0.29, 0.717) is 35.8 Å². The third-order valence-electron chi connectivity index (χ3n) is 3.30. The second-order valence-electron chi connectivity index (χ2n) is 4.75. The van der Waals surface area contributed by atoms with E-state index in [1.54, 1.807) is 21.0 Å². The van der Waals surface area contributed by atoms with Crippen molar-refractivity contribution < 1.29 is 14.3 Å². The third-order valence-corrected chi connectivity index (χ3v) is 3.30. The van der Waals surface area contributed by atoms with Gasteiger partial charge in [0.1, 0.15) is 17.1 Å². The van der Waals surface area contributed by atoms with Gasteiger partial charge in [0.15, 0.2) is 0 Å². The van der Waals surface area contributed by atoms with Crippen molar-refractivity contribution in [1.82, 2.24) is 9.97 Å². The van der Waals surface area contributed by atoms with Crippen molar-refractivity contribution in [3.63, 3.8) is 0 Å². The first kappa shape index (κ1) is 15.9. The molecule has 1 aromatic heterocycles. The molecule has 0 atom stereocenters. The normalized spacial score (nSPS) is 10.4. The van der Waals surface area contributed by atoms with Gasteiger partial charge in [-0.2, -0.15) is 0 Å². The van der Waals surface area contributed by atoms with Gasteiger partial charge >= 0.3 is 5.97 Å². The van der Waals surface area contributed by atoms with Crippen LogP contribution in [0.2, 0.25) is 0 Å². The average molecular weight is 300 g/mol. The summed E-state index contributed by atoms with van der Waals surface area (Å²) in [5.74, 6) is 1.06. The number of ether oxygens (including phenoxy) is 2. The van der Waals surface area contributed by atoms with Gasteiger partial charge < -0.3 is 9.47 Å². The van der Waals surface area contributed by atoms with Crippen LogP contribution >= 0.6 is 0 Å². The molecule has 0 unspecified atom stereocenters. The fourth-order valence-corrected chi connectivity index (χ4v) is 2.19. The molecule has 2 aromatic rings. The summed E-state index contributed by atoms with van der Waals surface area (Å²) < 4.78 is 10.3. The van der Waals surface area contributed by atoms with Gasteiger partial charge in [0.05, 0.1) is 25.1 Å². The maximum absolute atomic E-state index is 12.3. The van der Waals surface area contributed by atoms with Crippen molar-refractivity contribution in [3.05, 3.63) is 41.3 Å². The van der Waals surface area contributed by atoms with E-state index >= 15 is 0 Å². The maximum Gasteiger partial charge on any atom is 0.342 e. The van der Waals surface area contributed by atoms with Gasteiger partial charge in [-0.25, -0.2) is 14.8 Å². The van der Waals surface area contributed by atoms with E-state index in [9.17, 15) is 4.79 Å². The Morgan fingerprint density at radius 3 is 2.36 bits per heavy atom. The van der Waals surface area contributed by atoms with E-state index in [1.807, 2.05) is 31.2 Å². The molecule has 1 heterocycles. The van der Waals surface area contributed by atoms with E-state index in [0.717, 1.165) is 11.3 Å². The Morgan fingerprint density at radius 1 is 1.14 bits per heavy atom. The molecule has 0 spiro atoms. The largest absolute Gasteiger partial charge is 0.497 e. The molecule has 5 nitrogen and oxygen atoms in total. The average Bonchev–Trinajstić information content (AvgIpc) is 2.54. The van der Waals surface area contributed by atoms with Crippen molar-refractivity contribution in [1.29, 1.82) is 0 Å². The number of carbonyl (C=O) groups is 1. The molecule has 0 saturated carbocycles. The van der Waals surface area contributed by atoms with Crippen LogP contribution in [0.15, 0.2) is 24.3 Å². The Bertz CT molecular complexity index is 666. The topological polar surface area (TPSA) is 61.3 Å². The molecule has 2 rings (SSSR count). The van der Waals surface area contributed by atoms with Crippen molar-refractivity contribution in [2.45, 2.75) is 27.2 Å². The molecule has 0 bridgehead atoms. The van der Waals surface area contributed by atoms with Gasteiger partial charge in [0, 0.05) is 12.0 Å². The molecule has 1 aromatic carbocycles. The number of aryl methyl sites for hydroxylation is 2. The summed E-state index contributed by atoms with van der Waals surface area (Å²) in [6, 6.07) is 7.44. The summed E-state index contributed by atoms with van der Waals surface area (Å²) in [6.07, 6.45) is 0.701. The number of carbonyl (C=O) groups excluding carboxylic acids is 1. The molecule has 0 saturated heterocycles. The lowest BCUT2D eigenvalue weighted by atomic mass is 10.0. The Hall–Kier alpha value is -2.43. The zero-order valence-electron chi connectivity index (χ0n) is 13.3. The molecule has 5 heteroatoms. The minimum absolute atomic E-state index is 0.315. The maximum atomic E-state index is 12.3. The summed E-state index contributed by atoms with van der Waals surface area (Å²) in [5.41, 5.74) is 2.50. The molecule has 0 aliphatic heterocycles. The Labute approximate surface area is 130 Å². The molecule has 0 fully saturated rings. The second-order valence-corrected chi connectivity index (χ2v) is 4.75. The van der Waals surface area contributed by atoms with E-state index in [1.165, 1.54) is 0 Å². The van der Waals surface area contributed by atoms with E-state index in [2.05, 4.69) is 9.97 Å². The number of nitrogens with zero attached hydrogens (tertiary/aromatic N) is 2. The Balaban J connectivity index is 2.59. The molecular formula is C17H20N2O3. The summed E-state index contributed by atoms with van der Waals surface area (Å²) in [4.78, 5) is 21.2. The van der Waals surface area contributed by atoms with Crippen LogP contribution in [0.5, 0.6) is 5.75 Å². The number of methoxy groups -OCH3 is 1. The van der Waals surface area contributed by atoms with Crippen molar-refractivity contribution >= 4 is 5.97 Å². The number of aromatic nitrogens is 2. The van der Waals surface area contributed by atoms with Crippen LogP contribution in [0.3, 0.4) is 0 Å². The molecule has 0 N–H and O–H groups in total. The predicted octanol–water partition coefficient (Wildman–Crippen LogP) is 3.20. The lowest BCUT2D eigenvalue weighted by Gasteiger charge is -2.12. The Kier molecular flexibility index (Phi) is 5.09. The lowest BCUT2D eigenvalue weighted by Crippen LogP contribution is -2.13. The van der Waals surface area contributed by atoms with Crippen molar-refractivity contribution in [3.8, 4) is 17.0 Å². The minimum Gasteiger partial charge on any atom is -0.497 e. The second kappa shape index (κ2) is 7.02. The number of rotatable bonds is 5. The quantitative estimate of drug-likeness (QED) is 0.794. The highest BCUT2D eigenvalue weighted by molar-refractivity contribution is 5.97. The van der Waals surface area contributed by atoms with Gasteiger partial charge in [0.25, 0.3) is 0 Å². The molecule has 116 valence electrons. The first-order valence-electron chi connectivity index (χ1n) is 7.29. The molecule has 0 radical (unpaired) electrons. The van der Waals surface area contributed by atoms with E-state index in [4.69, 9.17) is 9.47 Å². The van der Waals surface area contributed by atoms with Crippen LogP contribution in [0.1, 0.15) is 35.7 Å².